The number of ether oxygens (including phenoxy) is 3. The van der Waals surface area contributed by atoms with Crippen molar-refractivity contribution in [2.75, 3.05) is 26.2 Å². The standard InChI is InChI=1S/C45H48ClFN4O4/c1-29-35(7-4-12-42(29)53-20-6-17-51-18-15-33(47)16-19-51)36-8-3-9-38-37(36)13-14-43(38)55-45-25-44(54-28-31-21-30(26-48)22-34(23-31)49-2)32(24-39(45)46)27-50-40-10-5-11-41(40)52/h3-4,7-9,12,21-25,33,40-41,43,50,52H,5-6,10-11,13-20,27-28H2,1H3/t40-,41-,43-/m0/s1. The predicted octanol–water partition coefficient (Wildman–Crippen LogP) is 9.59. The molecule has 3 aliphatic rings. The molecule has 10 heteroatoms. The molecule has 4 aromatic rings. The number of hydrogen-bond donors (Lipinski definition) is 2. The van der Waals surface area contributed by atoms with Crippen molar-refractivity contribution >= 4 is 17.3 Å². The highest BCUT2D eigenvalue weighted by Crippen LogP contribution is 2.44. The first-order valence-corrected chi connectivity index (χ1v) is 19.8. The number of hydrogen-bond acceptors (Lipinski definition) is 7. The number of fused-ring (bicyclic) bond motifs is 1. The normalized spacial score (nSPS) is 19.8. The number of halogens is 2. The molecule has 0 radical (unpaired) electrons. The molecule has 1 aliphatic heterocycles. The minimum atomic E-state index is -0.657. The zero-order valence-electron chi connectivity index (χ0n) is 31.3. The molecular weight excluding hydrogens is 715 g/mol. The molecular formula is C45H48ClFN4O4. The summed E-state index contributed by atoms with van der Waals surface area (Å²) in [6.45, 7) is 13.3. The summed E-state index contributed by atoms with van der Waals surface area (Å²) in [6.07, 6.45) is 5.17. The molecule has 0 bridgehead atoms. The molecule has 1 saturated carbocycles. The van der Waals surface area contributed by atoms with Gasteiger partial charge in [0.25, 0.3) is 0 Å². The van der Waals surface area contributed by atoms with Gasteiger partial charge in [-0.2, -0.15) is 5.26 Å². The Bertz CT molecular complexity index is 2040. The Morgan fingerprint density at radius 3 is 2.58 bits per heavy atom. The van der Waals surface area contributed by atoms with E-state index >= 15 is 0 Å². The molecule has 1 heterocycles. The van der Waals surface area contributed by atoms with Crippen molar-refractivity contribution in [1.82, 2.24) is 10.2 Å². The Balaban J connectivity index is 1.08. The van der Waals surface area contributed by atoms with Crippen molar-refractivity contribution in [3.63, 3.8) is 0 Å². The van der Waals surface area contributed by atoms with Crippen molar-refractivity contribution in [3.8, 4) is 34.4 Å². The monoisotopic (exact) mass is 762 g/mol. The third kappa shape index (κ3) is 9.26. The van der Waals surface area contributed by atoms with Crippen molar-refractivity contribution in [3.05, 3.63) is 117 Å². The number of nitrogens with zero attached hydrogens (tertiary/aromatic N) is 3. The first kappa shape index (κ1) is 38.6. The number of nitrogens with one attached hydrogen (secondary N) is 1. The summed E-state index contributed by atoms with van der Waals surface area (Å²) in [5.41, 5.74) is 8.11. The van der Waals surface area contributed by atoms with E-state index in [1.54, 1.807) is 18.2 Å². The van der Waals surface area contributed by atoms with Crippen molar-refractivity contribution in [2.45, 2.75) is 95.9 Å². The van der Waals surface area contributed by atoms with Crippen LogP contribution in [0.1, 0.15) is 84.4 Å². The molecule has 2 N–H and O–H groups in total. The highest BCUT2D eigenvalue weighted by molar-refractivity contribution is 6.32. The van der Waals surface area contributed by atoms with Gasteiger partial charge in [-0.15, -0.1) is 0 Å². The Kier molecular flexibility index (Phi) is 12.6. The van der Waals surface area contributed by atoms with Crippen LogP contribution in [0, 0.1) is 24.8 Å². The summed E-state index contributed by atoms with van der Waals surface area (Å²) in [5.74, 6) is 1.97. The van der Waals surface area contributed by atoms with E-state index in [4.69, 9.17) is 32.4 Å². The van der Waals surface area contributed by atoms with Crippen LogP contribution in [0.5, 0.6) is 17.2 Å². The molecule has 7 rings (SSSR count). The topological polar surface area (TPSA) is 91.3 Å². The molecule has 2 aliphatic carbocycles. The maximum absolute atomic E-state index is 13.5. The van der Waals surface area contributed by atoms with Crippen LogP contribution in [0.4, 0.5) is 10.1 Å². The Labute approximate surface area is 328 Å². The van der Waals surface area contributed by atoms with Gasteiger partial charge in [0.15, 0.2) is 5.69 Å². The van der Waals surface area contributed by atoms with Gasteiger partial charge in [-0.05, 0) is 122 Å². The Morgan fingerprint density at radius 2 is 1.80 bits per heavy atom. The second-order valence-electron chi connectivity index (χ2n) is 14.9. The molecule has 0 aromatic heterocycles. The fraction of sp³-hybridized carbons (Fsp3) is 0.422. The summed E-state index contributed by atoms with van der Waals surface area (Å²) < 4.78 is 32.9. The van der Waals surface area contributed by atoms with Gasteiger partial charge >= 0.3 is 0 Å². The van der Waals surface area contributed by atoms with Crippen molar-refractivity contribution < 1.29 is 23.7 Å². The lowest BCUT2D eigenvalue weighted by atomic mass is 9.93. The molecule has 3 atom stereocenters. The average molecular weight is 763 g/mol. The van der Waals surface area contributed by atoms with Crippen LogP contribution in [0.15, 0.2) is 66.7 Å². The first-order chi connectivity index (χ1) is 26.8. The Hall–Kier alpha value is -4.64. The molecule has 0 amide bonds. The molecule has 8 nitrogen and oxygen atoms in total. The van der Waals surface area contributed by atoms with Crippen molar-refractivity contribution in [1.29, 1.82) is 5.26 Å². The van der Waals surface area contributed by atoms with E-state index < -0.39 is 12.3 Å². The SMILES string of the molecule is [C-]#[N+]c1cc(C#N)cc(COc2cc(O[C@H]3CCc4c(-c5cccc(OCCCN6CCC(F)CC6)c5C)cccc43)c(Cl)cc2CN[C@H]2CCC[C@@H]2O)c1. The largest absolute Gasteiger partial charge is 0.493 e. The number of aliphatic hydroxyl groups excluding tert-OH is 1. The molecule has 0 unspecified atom stereocenters. The van der Waals surface area contributed by atoms with Crippen LogP contribution in [-0.4, -0.2) is 54.6 Å². The van der Waals surface area contributed by atoms with Gasteiger partial charge in [0.2, 0.25) is 0 Å². The second-order valence-corrected chi connectivity index (χ2v) is 15.3. The van der Waals surface area contributed by atoms with Crippen LogP contribution >= 0.6 is 11.6 Å². The van der Waals surface area contributed by atoms with Gasteiger partial charge < -0.3 is 29.5 Å². The minimum Gasteiger partial charge on any atom is -0.493 e. The van der Waals surface area contributed by atoms with E-state index in [1.807, 2.05) is 18.2 Å². The fourth-order valence-electron chi connectivity index (χ4n) is 8.21. The van der Waals surface area contributed by atoms with Crippen LogP contribution < -0.4 is 19.5 Å². The molecule has 286 valence electrons. The third-order valence-corrected chi connectivity index (χ3v) is 11.5. The second kappa shape index (κ2) is 17.9. The summed E-state index contributed by atoms with van der Waals surface area (Å²) in [6, 6.07) is 23.5. The van der Waals surface area contributed by atoms with Crippen LogP contribution in [-0.2, 0) is 19.6 Å². The van der Waals surface area contributed by atoms with E-state index in [0.29, 0.717) is 59.3 Å². The average Bonchev–Trinajstić information content (AvgIpc) is 3.82. The fourth-order valence-corrected chi connectivity index (χ4v) is 8.44. The van der Waals surface area contributed by atoms with Gasteiger partial charge in [0.05, 0.1) is 30.4 Å². The smallest absolute Gasteiger partial charge is 0.188 e. The zero-order chi connectivity index (χ0) is 38.3. The number of likely N-dealkylation sites (tertiary alicyclic amines) is 1. The third-order valence-electron chi connectivity index (χ3n) is 11.2. The van der Waals surface area contributed by atoms with Gasteiger partial charge in [-0.1, -0.05) is 41.9 Å². The zero-order valence-corrected chi connectivity index (χ0v) is 32.1. The highest BCUT2D eigenvalue weighted by Gasteiger charge is 2.29. The van der Waals surface area contributed by atoms with E-state index in [1.165, 1.54) is 11.1 Å². The molecule has 4 aromatic carbocycles. The first-order valence-electron chi connectivity index (χ1n) is 19.5. The number of aliphatic hydroxyl groups is 1. The number of rotatable bonds is 14. The quantitative estimate of drug-likeness (QED) is 0.0977. The van der Waals surface area contributed by atoms with E-state index in [-0.39, 0.29) is 18.8 Å². The number of alkyl halides is 1. The lowest BCUT2D eigenvalue weighted by Crippen LogP contribution is -2.35. The highest BCUT2D eigenvalue weighted by atomic mass is 35.5. The number of benzene rings is 4. The minimum absolute atomic E-state index is 0.00607. The van der Waals surface area contributed by atoms with Crippen LogP contribution in [0.3, 0.4) is 0 Å². The Morgan fingerprint density at radius 1 is 0.982 bits per heavy atom. The lowest BCUT2D eigenvalue weighted by molar-refractivity contribution is 0.143. The molecule has 0 spiro atoms. The van der Waals surface area contributed by atoms with Crippen LogP contribution in [0.25, 0.3) is 16.0 Å². The summed E-state index contributed by atoms with van der Waals surface area (Å²) in [4.78, 5) is 5.84. The molecule has 1 saturated heterocycles. The van der Waals surface area contributed by atoms with Gasteiger partial charge in [-0.3, -0.25) is 0 Å². The van der Waals surface area contributed by atoms with Gasteiger partial charge in [0.1, 0.15) is 36.1 Å². The maximum Gasteiger partial charge on any atom is 0.188 e. The van der Waals surface area contributed by atoms with Crippen LogP contribution in [0.2, 0.25) is 5.02 Å². The number of nitriles is 1. The lowest BCUT2D eigenvalue weighted by Gasteiger charge is -2.28. The summed E-state index contributed by atoms with van der Waals surface area (Å²) in [5, 5.41) is 23.9. The summed E-state index contributed by atoms with van der Waals surface area (Å²) in [7, 11) is 0. The molecule has 2 fully saturated rings. The van der Waals surface area contributed by atoms with E-state index in [2.05, 4.69) is 58.4 Å². The predicted molar refractivity (Wildman–Crippen MR) is 213 cm³/mol. The number of piperidine rings is 1. The van der Waals surface area contributed by atoms with E-state index in [0.717, 1.165) is 86.2 Å². The summed E-state index contributed by atoms with van der Waals surface area (Å²) >= 11 is 6.94. The maximum atomic E-state index is 13.5. The van der Waals surface area contributed by atoms with Crippen molar-refractivity contribution in [2.24, 2.45) is 0 Å². The molecule has 55 heavy (non-hydrogen) atoms. The van der Waals surface area contributed by atoms with Gasteiger partial charge in [-0.25, -0.2) is 9.24 Å². The van der Waals surface area contributed by atoms with E-state index in [9.17, 15) is 14.8 Å². The van der Waals surface area contributed by atoms with Gasteiger partial charge in [0, 0.05) is 49.4 Å².